The third-order valence-corrected chi connectivity index (χ3v) is 3.72. The number of methoxy groups -OCH3 is 2. The van der Waals surface area contributed by atoms with Crippen molar-refractivity contribution in [1.82, 2.24) is 4.98 Å². The second kappa shape index (κ2) is 8.02. The number of rotatable bonds is 6. The van der Waals surface area contributed by atoms with E-state index in [0.717, 1.165) is 11.4 Å². The van der Waals surface area contributed by atoms with E-state index in [1.54, 1.807) is 43.6 Å². The highest BCUT2D eigenvalue weighted by Crippen LogP contribution is 2.29. The van der Waals surface area contributed by atoms with E-state index in [0.29, 0.717) is 22.9 Å². The van der Waals surface area contributed by atoms with E-state index in [4.69, 9.17) is 9.47 Å². The first-order valence-corrected chi connectivity index (χ1v) is 8.01. The lowest BCUT2D eigenvalue weighted by molar-refractivity contribution is 0.102. The average Bonchev–Trinajstić information content (AvgIpc) is 2.69. The monoisotopic (exact) mass is 349 g/mol. The summed E-state index contributed by atoms with van der Waals surface area (Å²) in [5, 5.41) is 6.02. The second-order valence-corrected chi connectivity index (χ2v) is 5.44. The lowest BCUT2D eigenvalue weighted by Gasteiger charge is -2.11. The fourth-order valence-electron chi connectivity index (χ4n) is 2.38. The maximum absolute atomic E-state index is 12.4. The summed E-state index contributed by atoms with van der Waals surface area (Å²) in [5.74, 6) is 0.842. The molecule has 0 saturated carbocycles. The van der Waals surface area contributed by atoms with Crippen LogP contribution in [0.4, 0.5) is 17.1 Å². The topological polar surface area (TPSA) is 72.5 Å². The number of amides is 1. The highest BCUT2D eigenvalue weighted by Gasteiger charge is 2.12. The number of pyridine rings is 1. The molecule has 0 bridgehead atoms. The highest BCUT2D eigenvalue weighted by molar-refractivity contribution is 6.03. The van der Waals surface area contributed by atoms with E-state index >= 15 is 0 Å². The Morgan fingerprint density at radius 1 is 0.923 bits per heavy atom. The van der Waals surface area contributed by atoms with E-state index in [1.807, 2.05) is 30.3 Å². The van der Waals surface area contributed by atoms with E-state index in [-0.39, 0.29) is 5.91 Å². The van der Waals surface area contributed by atoms with Gasteiger partial charge in [-0.1, -0.05) is 18.2 Å². The van der Waals surface area contributed by atoms with Crippen LogP contribution in [0, 0.1) is 0 Å². The third-order valence-electron chi connectivity index (χ3n) is 3.72. The number of nitrogens with zero attached hydrogens (tertiary/aromatic N) is 1. The van der Waals surface area contributed by atoms with Crippen LogP contribution in [0.25, 0.3) is 0 Å². The molecule has 0 unspecified atom stereocenters. The molecule has 0 fully saturated rings. The van der Waals surface area contributed by atoms with Crippen LogP contribution in [0.5, 0.6) is 11.5 Å². The van der Waals surface area contributed by atoms with E-state index < -0.39 is 0 Å². The molecule has 2 N–H and O–H groups in total. The largest absolute Gasteiger partial charge is 0.497 e. The number of carbonyl (C=O) groups excluding carboxylic acids is 1. The Hall–Kier alpha value is -3.54. The predicted octanol–water partition coefficient (Wildman–Crippen LogP) is 4.09. The summed E-state index contributed by atoms with van der Waals surface area (Å²) in [6, 6.07) is 18.4. The maximum atomic E-state index is 12.4. The minimum atomic E-state index is -0.320. The van der Waals surface area contributed by atoms with Gasteiger partial charge < -0.3 is 20.1 Å². The first-order valence-electron chi connectivity index (χ1n) is 8.01. The number of carbonyl (C=O) groups is 1. The lowest BCUT2D eigenvalue weighted by Crippen LogP contribution is -2.14. The molecule has 1 heterocycles. The van der Waals surface area contributed by atoms with Crippen molar-refractivity contribution in [3.8, 4) is 11.5 Å². The lowest BCUT2D eigenvalue weighted by atomic mass is 10.2. The fourth-order valence-corrected chi connectivity index (χ4v) is 2.38. The summed E-state index contributed by atoms with van der Waals surface area (Å²) in [6.07, 6.45) is 1.62. The van der Waals surface area contributed by atoms with Crippen molar-refractivity contribution in [1.29, 1.82) is 0 Å². The molecule has 2 aromatic carbocycles. The van der Waals surface area contributed by atoms with Crippen molar-refractivity contribution in [3.63, 3.8) is 0 Å². The molecule has 132 valence electrons. The molecule has 0 aliphatic heterocycles. The first-order chi connectivity index (χ1) is 12.7. The highest BCUT2D eigenvalue weighted by atomic mass is 16.5. The van der Waals surface area contributed by atoms with Crippen molar-refractivity contribution < 1.29 is 14.3 Å². The van der Waals surface area contributed by atoms with Crippen LogP contribution >= 0.6 is 0 Å². The standard InChI is InChI=1S/C20H19N3O3/c1-25-16-9-11-17(19(12-16)26-2)23-20(24)18-10-8-15(13-21-18)22-14-6-4-3-5-7-14/h3-13,22H,1-2H3,(H,23,24). The number of benzene rings is 2. The Bertz CT molecular complexity index is 881. The smallest absolute Gasteiger partial charge is 0.274 e. The van der Waals surface area contributed by atoms with E-state index in [2.05, 4.69) is 15.6 Å². The zero-order valence-corrected chi connectivity index (χ0v) is 14.5. The Labute approximate surface area is 151 Å². The number of ether oxygens (including phenoxy) is 2. The van der Waals surface area contributed by atoms with Gasteiger partial charge in [0.25, 0.3) is 5.91 Å². The van der Waals surface area contributed by atoms with Gasteiger partial charge in [0, 0.05) is 11.8 Å². The number of nitrogens with one attached hydrogen (secondary N) is 2. The average molecular weight is 349 g/mol. The molecule has 1 aromatic heterocycles. The summed E-state index contributed by atoms with van der Waals surface area (Å²) >= 11 is 0. The van der Waals surface area contributed by atoms with Crippen molar-refractivity contribution in [3.05, 3.63) is 72.6 Å². The third kappa shape index (κ3) is 4.10. The molecule has 6 nitrogen and oxygen atoms in total. The normalized spacial score (nSPS) is 10.1. The first kappa shape index (κ1) is 17.3. The molecule has 0 radical (unpaired) electrons. The van der Waals surface area contributed by atoms with Gasteiger partial charge in [-0.15, -0.1) is 0 Å². The second-order valence-electron chi connectivity index (χ2n) is 5.44. The number of anilines is 3. The molecule has 3 rings (SSSR count). The van der Waals surface area contributed by atoms with Crippen LogP contribution in [0.2, 0.25) is 0 Å². The van der Waals surface area contributed by atoms with Crippen LogP contribution in [0.15, 0.2) is 66.9 Å². The molecule has 0 saturated heterocycles. The molecule has 1 amide bonds. The molecule has 0 atom stereocenters. The molecule has 0 aliphatic rings. The van der Waals surface area contributed by atoms with Crippen LogP contribution in [-0.2, 0) is 0 Å². The summed E-state index contributed by atoms with van der Waals surface area (Å²) in [4.78, 5) is 16.6. The summed E-state index contributed by atoms with van der Waals surface area (Å²) in [7, 11) is 3.11. The van der Waals surface area contributed by atoms with Gasteiger partial charge >= 0.3 is 0 Å². The molecule has 0 aliphatic carbocycles. The zero-order chi connectivity index (χ0) is 18.4. The predicted molar refractivity (Wildman–Crippen MR) is 101 cm³/mol. The van der Waals surface area contributed by atoms with Gasteiger partial charge in [-0.25, -0.2) is 4.98 Å². The quantitative estimate of drug-likeness (QED) is 0.701. The van der Waals surface area contributed by atoms with Crippen LogP contribution < -0.4 is 20.1 Å². The Balaban J connectivity index is 1.70. The number of hydrogen-bond acceptors (Lipinski definition) is 5. The Morgan fingerprint density at radius 2 is 1.73 bits per heavy atom. The summed E-state index contributed by atoms with van der Waals surface area (Å²) in [5.41, 5.74) is 2.61. The molecule has 6 heteroatoms. The van der Waals surface area contributed by atoms with E-state index in [1.165, 1.54) is 7.11 Å². The van der Waals surface area contributed by atoms with Crippen molar-refractivity contribution in [2.24, 2.45) is 0 Å². The van der Waals surface area contributed by atoms with Gasteiger partial charge in [0.1, 0.15) is 17.2 Å². The van der Waals surface area contributed by atoms with Crippen molar-refractivity contribution in [2.45, 2.75) is 0 Å². The molecular weight excluding hydrogens is 330 g/mol. The molecular formula is C20H19N3O3. The fraction of sp³-hybridized carbons (Fsp3) is 0.100. The zero-order valence-electron chi connectivity index (χ0n) is 14.5. The van der Waals surface area contributed by atoms with Gasteiger partial charge in [0.05, 0.1) is 31.8 Å². The maximum Gasteiger partial charge on any atom is 0.274 e. The molecule has 0 spiro atoms. The van der Waals surface area contributed by atoms with Gasteiger partial charge in [-0.3, -0.25) is 4.79 Å². The van der Waals surface area contributed by atoms with Gasteiger partial charge in [-0.05, 0) is 36.4 Å². The van der Waals surface area contributed by atoms with Gasteiger partial charge in [0.2, 0.25) is 0 Å². The molecule has 26 heavy (non-hydrogen) atoms. The van der Waals surface area contributed by atoms with Gasteiger partial charge in [0.15, 0.2) is 0 Å². The Kier molecular flexibility index (Phi) is 5.34. The Morgan fingerprint density at radius 3 is 2.38 bits per heavy atom. The van der Waals surface area contributed by atoms with Crippen molar-refractivity contribution in [2.75, 3.05) is 24.9 Å². The minimum Gasteiger partial charge on any atom is -0.497 e. The van der Waals surface area contributed by atoms with Crippen LogP contribution in [0.1, 0.15) is 10.5 Å². The van der Waals surface area contributed by atoms with Gasteiger partial charge in [-0.2, -0.15) is 0 Å². The van der Waals surface area contributed by atoms with E-state index in [9.17, 15) is 4.79 Å². The van der Waals surface area contributed by atoms with Crippen LogP contribution in [0.3, 0.4) is 0 Å². The summed E-state index contributed by atoms with van der Waals surface area (Å²) < 4.78 is 10.4. The summed E-state index contributed by atoms with van der Waals surface area (Å²) in [6.45, 7) is 0. The number of hydrogen-bond donors (Lipinski definition) is 2. The van der Waals surface area contributed by atoms with Crippen molar-refractivity contribution >= 4 is 23.0 Å². The minimum absolute atomic E-state index is 0.307. The SMILES string of the molecule is COc1ccc(NC(=O)c2ccc(Nc3ccccc3)cn2)c(OC)c1. The van der Waals surface area contributed by atoms with Crippen LogP contribution in [-0.4, -0.2) is 25.1 Å². The number of aromatic nitrogens is 1. The molecule has 3 aromatic rings. The number of para-hydroxylation sites is 1.